The maximum absolute atomic E-state index is 13.5. The SMILES string of the molecule is CCC(=O)N1CCc2cc(Br)cc(S(=O)(=O)N3CCc4ccccc43)c21. The van der Waals surface area contributed by atoms with Crippen LogP contribution >= 0.6 is 15.9 Å². The van der Waals surface area contributed by atoms with Crippen molar-refractivity contribution in [1.82, 2.24) is 0 Å². The molecular formula is C19H19BrN2O3S. The lowest BCUT2D eigenvalue weighted by Gasteiger charge is -2.25. The molecule has 1 amide bonds. The summed E-state index contributed by atoms with van der Waals surface area (Å²) in [6.07, 6.45) is 1.71. The first-order chi connectivity index (χ1) is 12.4. The van der Waals surface area contributed by atoms with Gasteiger partial charge in [-0.3, -0.25) is 9.10 Å². The number of anilines is 2. The van der Waals surface area contributed by atoms with Gasteiger partial charge in [0, 0.05) is 24.0 Å². The average molecular weight is 435 g/mol. The molecule has 0 saturated carbocycles. The Balaban J connectivity index is 1.88. The molecule has 0 spiro atoms. The average Bonchev–Trinajstić information content (AvgIpc) is 3.24. The molecule has 0 aromatic heterocycles. The quantitative estimate of drug-likeness (QED) is 0.742. The normalized spacial score (nSPS) is 15.9. The fourth-order valence-electron chi connectivity index (χ4n) is 3.78. The van der Waals surface area contributed by atoms with Crippen LogP contribution in [0.15, 0.2) is 45.8 Å². The first-order valence-corrected chi connectivity index (χ1v) is 10.9. The van der Waals surface area contributed by atoms with E-state index in [1.165, 1.54) is 4.31 Å². The van der Waals surface area contributed by atoms with Crippen LogP contribution in [0, 0.1) is 0 Å². The van der Waals surface area contributed by atoms with E-state index in [0.29, 0.717) is 42.5 Å². The van der Waals surface area contributed by atoms with Gasteiger partial charge in [-0.15, -0.1) is 0 Å². The smallest absolute Gasteiger partial charge is 0.266 e. The molecular weight excluding hydrogens is 416 g/mol. The summed E-state index contributed by atoms with van der Waals surface area (Å²) in [5.74, 6) is -0.0515. The Labute approximate surface area is 161 Å². The molecule has 2 aliphatic rings. The van der Waals surface area contributed by atoms with Gasteiger partial charge in [-0.1, -0.05) is 41.1 Å². The van der Waals surface area contributed by atoms with E-state index < -0.39 is 10.0 Å². The fraction of sp³-hybridized carbons (Fsp3) is 0.316. The largest absolute Gasteiger partial charge is 0.310 e. The minimum atomic E-state index is -3.77. The van der Waals surface area contributed by atoms with Crippen LogP contribution in [0.1, 0.15) is 24.5 Å². The van der Waals surface area contributed by atoms with Crippen molar-refractivity contribution < 1.29 is 13.2 Å². The monoisotopic (exact) mass is 434 g/mol. The van der Waals surface area contributed by atoms with Crippen LogP contribution in [0.4, 0.5) is 11.4 Å². The third kappa shape index (κ3) is 2.65. The Morgan fingerprint density at radius 2 is 1.85 bits per heavy atom. The van der Waals surface area contributed by atoms with Crippen molar-refractivity contribution in [2.45, 2.75) is 31.1 Å². The zero-order valence-electron chi connectivity index (χ0n) is 14.4. The number of nitrogens with zero attached hydrogens (tertiary/aromatic N) is 2. The van der Waals surface area contributed by atoms with Crippen LogP contribution in [0.2, 0.25) is 0 Å². The standard InChI is InChI=1S/C19H19BrN2O3S/c1-2-18(23)21-9-7-14-11-15(20)12-17(19(14)21)26(24,25)22-10-8-13-5-3-4-6-16(13)22/h3-6,11-12H,2,7-10H2,1H3. The number of fused-ring (bicyclic) bond motifs is 2. The predicted molar refractivity (Wildman–Crippen MR) is 105 cm³/mol. The first kappa shape index (κ1) is 17.5. The maximum Gasteiger partial charge on any atom is 0.266 e. The summed E-state index contributed by atoms with van der Waals surface area (Å²) in [6, 6.07) is 11.1. The second kappa shape index (κ2) is 6.39. The van der Waals surface area contributed by atoms with Crippen LogP contribution in [0.25, 0.3) is 0 Å². The lowest BCUT2D eigenvalue weighted by Crippen LogP contribution is -2.33. The highest BCUT2D eigenvalue weighted by molar-refractivity contribution is 9.10. The zero-order chi connectivity index (χ0) is 18.5. The van der Waals surface area contributed by atoms with Crippen molar-refractivity contribution in [2.24, 2.45) is 0 Å². The Hall–Kier alpha value is -1.86. The van der Waals surface area contributed by atoms with E-state index in [1.54, 1.807) is 17.9 Å². The highest BCUT2D eigenvalue weighted by Crippen LogP contribution is 2.41. The van der Waals surface area contributed by atoms with Crippen molar-refractivity contribution in [3.8, 4) is 0 Å². The number of halogens is 1. The van der Waals surface area contributed by atoms with E-state index in [1.807, 2.05) is 30.3 Å². The number of para-hydroxylation sites is 1. The molecule has 26 heavy (non-hydrogen) atoms. The van der Waals surface area contributed by atoms with Gasteiger partial charge in [0.05, 0.1) is 11.4 Å². The van der Waals surface area contributed by atoms with Gasteiger partial charge in [0.25, 0.3) is 10.0 Å². The van der Waals surface area contributed by atoms with Gasteiger partial charge in [0.2, 0.25) is 5.91 Å². The first-order valence-electron chi connectivity index (χ1n) is 8.67. The second-order valence-electron chi connectivity index (χ2n) is 6.52. The molecule has 2 aliphatic heterocycles. The summed E-state index contributed by atoms with van der Waals surface area (Å²) >= 11 is 3.44. The number of rotatable bonds is 3. The molecule has 7 heteroatoms. The Kier molecular flexibility index (Phi) is 4.31. The van der Waals surface area contributed by atoms with Crippen LogP contribution in [-0.2, 0) is 27.7 Å². The predicted octanol–water partition coefficient (Wildman–Crippen LogP) is 3.50. The topological polar surface area (TPSA) is 57.7 Å². The van der Waals surface area contributed by atoms with Crippen molar-refractivity contribution in [3.63, 3.8) is 0 Å². The zero-order valence-corrected chi connectivity index (χ0v) is 16.8. The molecule has 5 nitrogen and oxygen atoms in total. The number of carbonyl (C=O) groups excluding carboxylic acids is 1. The van der Waals surface area contributed by atoms with E-state index in [4.69, 9.17) is 0 Å². The summed E-state index contributed by atoms with van der Waals surface area (Å²) in [6.45, 7) is 2.74. The Bertz CT molecular complexity index is 1000. The van der Waals surface area contributed by atoms with E-state index in [2.05, 4.69) is 15.9 Å². The lowest BCUT2D eigenvalue weighted by atomic mass is 10.2. The van der Waals surface area contributed by atoms with Crippen molar-refractivity contribution >= 4 is 43.2 Å². The minimum Gasteiger partial charge on any atom is -0.310 e. The molecule has 2 heterocycles. The molecule has 136 valence electrons. The van der Waals surface area contributed by atoms with Crippen LogP contribution < -0.4 is 9.21 Å². The second-order valence-corrected chi connectivity index (χ2v) is 9.26. The van der Waals surface area contributed by atoms with E-state index in [-0.39, 0.29) is 10.8 Å². The number of benzene rings is 2. The summed E-state index contributed by atoms with van der Waals surface area (Å²) < 4.78 is 29.3. The third-order valence-electron chi connectivity index (χ3n) is 5.01. The van der Waals surface area contributed by atoms with Gasteiger partial charge in [0.15, 0.2) is 0 Å². The van der Waals surface area contributed by atoms with Crippen molar-refractivity contribution in [3.05, 3.63) is 52.0 Å². The highest BCUT2D eigenvalue weighted by atomic mass is 79.9. The number of hydrogen-bond donors (Lipinski definition) is 0. The van der Waals surface area contributed by atoms with Crippen molar-refractivity contribution in [1.29, 1.82) is 0 Å². The number of sulfonamides is 1. The number of hydrogen-bond acceptors (Lipinski definition) is 3. The molecule has 0 saturated heterocycles. The molecule has 2 aromatic carbocycles. The molecule has 0 atom stereocenters. The van der Waals surface area contributed by atoms with Gasteiger partial charge >= 0.3 is 0 Å². The van der Waals surface area contributed by atoms with Gasteiger partial charge in [-0.25, -0.2) is 8.42 Å². The summed E-state index contributed by atoms with van der Waals surface area (Å²) in [5, 5.41) is 0. The minimum absolute atomic E-state index is 0.0515. The molecule has 0 radical (unpaired) electrons. The van der Waals surface area contributed by atoms with E-state index in [9.17, 15) is 13.2 Å². The highest BCUT2D eigenvalue weighted by Gasteiger charge is 2.37. The fourth-order valence-corrected chi connectivity index (χ4v) is 6.21. The van der Waals surface area contributed by atoms with Gasteiger partial charge < -0.3 is 4.90 Å². The maximum atomic E-state index is 13.5. The summed E-state index contributed by atoms with van der Waals surface area (Å²) in [5.41, 5.74) is 3.20. The van der Waals surface area contributed by atoms with Gasteiger partial charge in [-0.05, 0) is 42.2 Å². The molecule has 0 unspecified atom stereocenters. The Morgan fingerprint density at radius 1 is 1.12 bits per heavy atom. The number of amides is 1. The van der Waals surface area contributed by atoms with Crippen LogP contribution in [0.3, 0.4) is 0 Å². The Morgan fingerprint density at radius 3 is 2.62 bits per heavy atom. The lowest BCUT2D eigenvalue weighted by molar-refractivity contribution is -0.118. The number of carbonyl (C=O) groups is 1. The molecule has 4 rings (SSSR count). The molecule has 0 fully saturated rings. The molecule has 2 aromatic rings. The molecule has 0 bridgehead atoms. The van der Waals surface area contributed by atoms with E-state index in [0.717, 1.165) is 16.8 Å². The van der Waals surface area contributed by atoms with Crippen LogP contribution in [-0.4, -0.2) is 27.4 Å². The molecule has 0 aliphatic carbocycles. The summed E-state index contributed by atoms with van der Waals surface area (Å²) in [4.78, 5) is 14.2. The van der Waals surface area contributed by atoms with Gasteiger partial charge in [0.1, 0.15) is 4.90 Å². The van der Waals surface area contributed by atoms with Crippen LogP contribution in [0.5, 0.6) is 0 Å². The molecule has 0 N–H and O–H groups in total. The van der Waals surface area contributed by atoms with Gasteiger partial charge in [-0.2, -0.15) is 0 Å². The summed E-state index contributed by atoms with van der Waals surface area (Å²) in [7, 11) is -3.77. The van der Waals surface area contributed by atoms with E-state index >= 15 is 0 Å². The third-order valence-corrected chi connectivity index (χ3v) is 7.29. The van der Waals surface area contributed by atoms with Crippen molar-refractivity contribution in [2.75, 3.05) is 22.3 Å².